The highest BCUT2D eigenvalue weighted by atomic mass is 15.3. The van der Waals surface area contributed by atoms with Gasteiger partial charge in [0.25, 0.3) is 0 Å². The molecule has 0 spiro atoms. The van der Waals surface area contributed by atoms with Crippen molar-refractivity contribution in [2.75, 3.05) is 25.5 Å². The first-order chi connectivity index (χ1) is 12.7. The molecule has 1 aromatic carbocycles. The maximum Gasteiger partial charge on any atom is 0.160 e. The molecule has 26 heavy (non-hydrogen) atoms. The molecule has 0 amide bonds. The zero-order valence-corrected chi connectivity index (χ0v) is 15.4. The van der Waals surface area contributed by atoms with Gasteiger partial charge in [-0.3, -0.25) is 9.67 Å². The van der Waals surface area contributed by atoms with Crippen LogP contribution in [0.4, 0.5) is 11.5 Å². The highest BCUT2D eigenvalue weighted by Gasteiger charge is 2.21. The molecule has 1 aliphatic rings. The Bertz CT molecular complexity index is 863. The van der Waals surface area contributed by atoms with E-state index in [4.69, 9.17) is 5.10 Å². The van der Waals surface area contributed by atoms with Gasteiger partial charge in [-0.1, -0.05) is 30.3 Å². The Morgan fingerprint density at radius 2 is 1.85 bits per heavy atom. The second-order valence-corrected chi connectivity index (χ2v) is 7.09. The summed E-state index contributed by atoms with van der Waals surface area (Å²) in [6, 6.07) is 12.9. The van der Waals surface area contributed by atoms with E-state index in [-0.39, 0.29) is 0 Å². The molecular formula is C21H25N5. The lowest BCUT2D eigenvalue weighted by atomic mass is 10.1. The van der Waals surface area contributed by atoms with Crippen molar-refractivity contribution in [3.8, 4) is 11.1 Å². The fourth-order valence-electron chi connectivity index (χ4n) is 3.48. The van der Waals surface area contributed by atoms with E-state index in [0.717, 1.165) is 48.6 Å². The minimum absolute atomic E-state index is 0.458. The summed E-state index contributed by atoms with van der Waals surface area (Å²) in [5, 5.41) is 8.43. The van der Waals surface area contributed by atoms with Crippen LogP contribution in [-0.2, 0) is 0 Å². The molecule has 0 radical (unpaired) electrons. The van der Waals surface area contributed by atoms with E-state index in [9.17, 15) is 0 Å². The summed E-state index contributed by atoms with van der Waals surface area (Å²) in [6.45, 7) is 4.32. The maximum absolute atomic E-state index is 4.93. The average molecular weight is 347 g/mol. The molecule has 134 valence electrons. The normalized spacial score (nSPS) is 15.9. The Balaban J connectivity index is 1.70. The van der Waals surface area contributed by atoms with Crippen LogP contribution in [0.25, 0.3) is 11.1 Å². The number of hydrogen-bond donors (Lipinski definition) is 1. The number of hydrogen-bond acceptors (Lipinski definition) is 4. The van der Waals surface area contributed by atoms with Gasteiger partial charge in [0.2, 0.25) is 0 Å². The largest absolute Gasteiger partial charge is 0.337 e. The quantitative estimate of drug-likeness (QED) is 0.766. The molecule has 5 nitrogen and oxygen atoms in total. The smallest absolute Gasteiger partial charge is 0.160 e. The lowest BCUT2D eigenvalue weighted by molar-refractivity contribution is 0.212. The molecule has 3 aromatic rings. The van der Waals surface area contributed by atoms with Gasteiger partial charge in [0, 0.05) is 18.0 Å². The van der Waals surface area contributed by atoms with Gasteiger partial charge in [-0.2, -0.15) is 5.10 Å². The van der Waals surface area contributed by atoms with Crippen LogP contribution in [-0.4, -0.2) is 39.8 Å². The van der Waals surface area contributed by atoms with E-state index in [1.54, 1.807) is 0 Å². The van der Waals surface area contributed by atoms with Crippen molar-refractivity contribution in [2.45, 2.75) is 25.8 Å². The molecule has 3 heterocycles. The van der Waals surface area contributed by atoms with E-state index < -0.39 is 0 Å². The molecule has 0 bridgehead atoms. The maximum atomic E-state index is 4.93. The number of anilines is 2. The van der Waals surface area contributed by atoms with Gasteiger partial charge in [0.15, 0.2) is 5.82 Å². The van der Waals surface area contributed by atoms with E-state index in [0.29, 0.717) is 6.04 Å². The van der Waals surface area contributed by atoms with Gasteiger partial charge < -0.3 is 10.2 Å². The van der Waals surface area contributed by atoms with Gasteiger partial charge in [-0.25, -0.2) is 0 Å². The first kappa shape index (κ1) is 16.8. The highest BCUT2D eigenvalue weighted by Crippen LogP contribution is 2.32. The van der Waals surface area contributed by atoms with Crippen LogP contribution >= 0.6 is 0 Å². The molecule has 0 atom stereocenters. The Kier molecular flexibility index (Phi) is 4.71. The zero-order chi connectivity index (χ0) is 17.9. The van der Waals surface area contributed by atoms with Crippen LogP contribution in [0.3, 0.4) is 0 Å². The van der Waals surface area contributed by atoms with E-state index >= 15 is 0 Å². The van der Waals surface area contributed by atoms with Gasteiger partial charge in [0.05, 0.1) is 17.9 Å². The summed E-state index contributed by atoms with van der Waals surface area (Å²) in [5.74, 6) is 0.895. The number of benzene rings is 1. The molecule has 0 saturated carbocycles. The third-order valence-corrected chi connectivity index (χ3v) is 5.17. The third-order valence-electron chi connectivity index (χ3n) is 5.17. The predicted molar refractivity (Wildman–Crippen MR) is 106 cm³/mol. The fraction of sp³-hybridized carbons (Fsp3) is 0.333. The Labute approximate surface area is 154 Å². The van der Waals surface area contributed by atoms with Crippen LogP contribution in [0.15, 0.2) is 55.0 Å². The van der Waals surface area contributed by atoms with E-state index in [1.807, 2.05) is 24.5 Å². The van der Waals surface area contributed by atoms with Crippen LogP contribution in [0.1, 0.15) is 24.4 Å². The lowest BCUT2D eigenvalue weighted by Gasteiger charge is -2.28. The number of aryl methyl sites for hydroxylation is 1. The van der Waals surface area contributed by atoms with Gasteiger partial charge in [-0.05, 0) is 57.1 Å². The SMILES string of the molecule is Cc1ccncc1Nc1nn(C2CCN(C)CC2)cc1-c1ccccc1. The van der Waals surface area contributed by atoms with Gasteiger partial charge in [0.1, 0.15) is 0 Å². The monoisotopic (exact) mass is 347 g/mol. The summed E-state index contributed by atoms with van der Waals surface area (Å²) >= 11 is 0. The second-order valence-electron chi connectivity index (χ2n) is 7.09. The van der Waals surface area contributed by atoms with Crippen LogP contribution < -0.4 is 5.32 Å². The van der Waals surface area contributed by atoms with Crippen LogP contribution in [0, 0.1) is 6.92 Å². The topological polar surface area (TPSA) is 46.0 Å². The molecule has 1 fully saturated rings. The van der Waals surface area contributed by atoms with Crippen LogP contribution in [0.5, 0.6) is 0 Å². The first-order valence-corrected chi connectivity index (χ1v) is 9.21. The highest BCUT2D eigenvalue weighted by molar-refractivity contribution is 5.78. The summed E-state index contributed by atoms with van der Waals surface area (Å²) in [4.78, 5) is 6.63. The molecule has 0 aliphatic carbocycles. The first-order valence-electron chi connectivity index (χ1n) is 9.21. The number of nitrogens with zero attached hydrogens (tertiary/aromatic N) is 4. The van der Waals surface area contributed by atoms with Crippen molar-refractivity contribution >= 4 is 11.5 Å². The molecule has 4 rings (SSSR count). The Morgan fingerprint density at radius 1 is 1.08 bits per heavy atom. The number of nitrogens with one attached hydrogen (secondary N) is 1. The summed E-state index contributed by atoms with van der Waals surface area (Å²) in [7, 11) is 2.19. The van der Waals surface area contributed by atoms with Crippen molar-refractivity contribution < 1.29 is 0 Å². The molecule has 1 N–H and O–H groups in total. The number of pyridine rings is 1. The molecular weight excluding hydrogens is 322 g/mol. The number of piperidine rings is 1. The van der Waals surface area contributed by atoms with Crippen LogP contribution in [0.2, 0.25) is 0 Å². The Hall–Kier alpha value is -2.66. The van der Waals surface area contributed by atoms with Crippen molar-refractivity contribution in [1.82, 2.24) is 19.7 Å². The van der Waals surface area contributed by atoms with E-state index in [1.165, 1.54) is 5.56 Å². The average Bonchev–Trinajstić information content (AvgIpc) is 3.09. The molecule has 1 aliphatic heterocycles. The number of likely N-dealkylation sites (tertiary alicyclic amines) is 1. The molecule has 5 heteroatoms. The second kappa shape index (κ2) is 7.30. The standard InChI is InChI=1S/C21H25N5/c1-16-8-11-22-14-20(16)23-21-19(17-6-4-3-5-7-17)15-26(24-21)18-9-12-25(2)13-10-18/h3-8,11,14-15,18H,9-10,12-13H2,1-2H3,(H,23,24). The molecule has 1 saturated heterocycles. The predicted octanol–water partition coefficient (Wildman–Crippen LogP) is 4.26. The van der Waals surface area contributed by atoms with Gasteiger partial charge >= 0.3 is 0 Å². The lowest BCUT2D eigenvalue weighted by Crippen LogP contribution is -2.31. The fourth-order valence-corrected chi connectivity index (χ4v) is 3.48. The zero-order valence-electron chi connectivity index (χ0n) is 15.4. The van der Waals surface area contributed by atoms with Gasteiger partial charge in [-0.15, -0.1) is 0 Å². The van der Waals surface area contributed by atoms with Crippen molar-refractivity contribution in [3.05, 3.63) is 60.6 Å². The summed E-state index contributed by atoms with van der Waals surface area (Å²) in [6.07, 6.45) is 8.14. The molecule has 0 unspecified atom stereocenters. The minimum Gasteiger partial charge on any atom is -0.337 e. The summed E-state index contributed by atoms with van der Waals surface area (Å²) < 4.78 is 2.16. The Morgan fingerprint density at radius 3 is 2.58 bits per heavy atom. The van der Waals surface area contributed by atoms with E-state index in [2.05, 4.69) is 64.3 Å². The third kappa shape index (κ3) is 3.48. The molecule has 2 aromatic heterocycles. The minimum atomic E-state index is 0.458. The van der Waals surface area contributed by atoms with Crippen molar-refractivity contribution in [1.29, 1.82) is 0 Å². The number of aromatic nitrogens is 3. The number of rotatable bonds is 4. The van der Waals surface area contributed by atoms with Crippen molar-refractivity contribution in [2.24, 2.45) is 0 Å². The summed E-state index contributed by atoms with van der Waals surface area (Å²) in [5.41, 5.74) is 4.47. The van der Waals surface area contributed by atoms with Crippen molar-refractivity contribution in [3.63, 3.8) is 0 Å².